The fraction of sp³-hybridized carbons (Fsp3) is 0.500. The monoisotopic (exact) mass is 239 g/mol. The number of nitrogens with zero attached hydrogens (tertiary/aromatic N) is 2. The summed E-state index contributed by atoms with van der Waals surface area (Å²) in [7, 11) is 0. The molecule has 0 saturated carbocycles. The Hall–Kier alpha value is -1.89. The molecule has 0 radical (unpaired) electrons. The van der Waals surface area contributed by atoms with Crippen molar-refractivity contribution in [2.45, 2.75) is 31.8 Å². The topological polar surface area (TPSA) is 118 Å². The van der Waals surface area contributed by atoms with Gasteiger partial charge in [-0.25, -0.2) is 9.78 Å². The van der Waals surface area contributed by atoms with E-state index in [1.54, 1.807) is 0 Å². The zero-order valence-electron chi connectivity index (χ0n) is 9.09. The lowest BCUT2D eigenvalue weighted by Gasteiger charge is -2.14. The molecule has 7 heteroatoms. The lowest BCUT2D eigenvalue weighted by Crippen LogP contribution is -2.29. The minimum absolute atomic E-state index is 0.239. The van der Waals surface area contributed by atoms with E-state index in [0.29, 0.717) is 13.0 Å². The number of aromatic nitrogens is 2. The molecule has 0 bridgehead atoms. The lowest BCUT2D eigenvalue weighted by molar-refractivity contribution is 0.0685. The second-order valence-electron chi connectivity index (χ2n) is 4.03. The summed E-state index contributed by atoms with van der Waals surface area (Å²) in [6.07, 6.45) is 2.25. The van der Waals surface area contributed by atoms with Gasteiger partial charge in [0.25, 0.3) is 5.56 Å². The van der Waals surface area contributed by atoms with Crippen LogP contribution in [0.25, 0.3) is 0 Å². The van der Waals surface area contributed by atoms with E-state index < -0.39 is 29.0 Å². The lowest BCUT2D eigenvalue weighted by atomic mass is 10.1. The minimum Gasteiger partial charge on any atom is -0.501 e. The third kappa shape index (κ3) is 1.89. The Kier molecular flexibility index (Phi) is 2.84. The van der Waals surface area contributed by atoms with Crippen LogP contribution in [0.4, 0.5) is 0 Å². The van der Waals surface area contributed by atoms with Gasteiger partial charge in [0, 0.05) is 6.54 Å². The zero-order valence-corrected chi connectivity index (χ0v) is 9.09. The summed E-state index contributed by atoms with van der Waals surface area (Å²) in [6.45, 7) is 0.405. The Bertz CT molecular complexity index is 523. The molecule has 4 N–H and O–H groups in total. The van der Waals surface area contributed by atoms with Crippen molar-refractivity contribution >= 4 is 5.97 Å². The molecule has 1 atom stereocenters. The fourth-order valence-electron chi connectivity index (χ4n) is 1.97. The summed E-state index contributed by atoms with van der Waals surface area (Å²) in [6, 6.07) is -0.469. The van der Waals surface area contributed by atoms with Gasteiger partial charge in [-0.3, -0.25) is 9.36 Å². The zero-order chi connectivity index (χ0) is 12.6. The number of carboxylic acid groups (broad SMARTS) is 1. The molecule has 1 aliphatic heterocycles. The van der Waals surface area contributed by atoms with E-state index in [4.69, 9.17) is 10.8 Å². The highest BCUT2D eigenvalue weighted by Gasteiger charge is 2.24. The van der Waals surface area contributed by atoms with E-state index in [2.05, 4.69) is 4.98 Å². The summed E-state index contributed by atoms with van der Waals surface area (Å²) in [5.74, 6) is -2.02. The van der Waals surface area contributed by atoms with E-state index in [0.717, 1.165) is 12.8 Å². The summed E-state index contributed by atoms with van der Waals surface area (Å²) in [4.78, 5) is 26.4. The molecule has 92 valence electrons. The molecule has 2 heterocycles. The van der Waals surface area contributed by atoms with Crippen LogP contribution in [0.15, 0.2) is 4.79 Å². The van der Waals surface area contributed by atoms with Crippen molar-refractivity contribution in [1.82, 2.24) is 9.55 Å². The highest BCUT2D eigenvalue weighted by molar-refractivity contribution is 5.88. The molecular weight excluding hydrogens is 226 g/mol. The summed E-state index contributed by atoms with van der Waals surface area (Å²) < 4.78 is 1.26. The third-order valence-electron chi connectivity index (χ3n) is 2.86. The summed E-state index contributed by atoms with van der Waals surface area (Å²) >= 11 is 0. The molecule has 0 amide bonds. The fourth-order valence-corrected chi connectivity index (χ4v) is 1.97. The van der Waals surface area contributed by atoms with Crippen LogP contribution in [-0.2, 0) is 6.54 Å². The standard InChI is InChI=1S/C10H13N3O4/c11-5-3-1-2-4-13-8(5)12-6(10(16)17)7(14)9(13)15/h5,14H,1-4,11H2,(H,16,17). The number of carboxylic acids is 1. The van der Waals surface area contributed by atoms with Gasteiger partial charge in [0.2, 0.25) is 5.75 Å². The van der Waals surface area contributed by atoms with Gasteiger partial charge < -0.3 is 15.9 Å². The van der Waals surface area contributed by atoms with E-state index in [1.807, 2.05) is 0 Å². The number of aromatic carboxylic acids is 1. The van der Waals surface area contributed by atoms with E-state index >= 15 is 0 Å². The van der Waals surface area contributed by atoms with Gasteiger partial charge in [-0.05, 0) is 19.3 Å². The molecule has 1 aliphatic rings. The Morgan fingerprint density at radius 1 is 1.47 bits per heavy atom. The molecule has 0 aliphatic carbocycles. The first-order chi connectivity index (χ1) is 8.02. The van der Waals surface area contributed by atoms with Gasteiger partial charge in [0.1, 0.15) is 5.82 Å². The average molecular weight is 239 g/mol. The van der Waals surface area contributed by atoms with E-state index in [1.165, 1.54) is 4.57 Å². The van der Waals surface area contributed by atoms with Crippen LogP contribution < -0.4 is 11.3 Å². The molecular formula is C10H13N3O4. The van der Waals surface area contributed by atoms with Crippen LogP contribution in [-0.4, -0.2) is 25.7 Å². The van der Waals surface area contributed by atoms with Crippen molar-refractivity contribution in [3.8, 4) is 5.75 Å². The largest absolute Gasteiger partial charge is 0.501 e. The smallest absolute Gasteiger partial charge is 0.358 e. The Morgan fingerprint density at radius 2 is 2.18 bits per heavy atom. The molecule has 2 rings (SSSR count). The van der Waals surface area contributed by atoms with Crippen LogP contribution in [0, 0.1) is 0 Å². The Labute approximate surface area is 96.5 Å². The Morgan fingerprint density at radius 3 is 2.82 bits per heavy atom. The quantitative estimate of drug-likeness (QED) is 0.626. The molecule has 0 spiro atoms. The average Bonchev–Trinajstić information content (AvgIpc) is 2.46. The minimum atomic E-state index is -1.43. The molecule has 0 aromatic carbocycles. The van der Waals surface area contributed by atoms with Crippen LogP contribution in [0.1, 0.15) is 41.6 Å². The second-order valence-corrected chi connectivity index (χ2v) is 4.03. The van der Waals surface area contributed by atoms with E-state index in [-0.39, 0.29) is 5.82 Å². The predicted octanol–water partition coefficient (Wildman–Crippen LogP) is -0.169. The van der Waals surface area contributed by atoms with Crippen molar-refractivity contribution in [3.63, 3.8) is 0 Å². The highest BCUT2D eigenvalue weighted by Crippen LogP contribution is 2.21. The SMILES string of the molecule is NC1CCCCn2c1nc(C(=O)O)c(O)c2=O. The van der Waals surface area contributed by atoms with Crippen molar-refractivity contribution in [2.24, 2.45) is 5.73 Å². The maximum absolute atomic E-state index is 11.8. The van der Waals surface area contributed by atoms with Crippen molar-refractivity contribution < 1.29 is 15.0 Å². The summed E-state index contributed by atoms with van der Waals surface area (Å²) in [5, 5.41) is 18.3. The number of nitrogens with two attached hydrogens (primary N) is 1. The molecule has 17 heavy (non-hydrogen) atoms. The van der Waals surface area contributed by atoms with Gasteiger partial charge in [0.15, 0.2) is 5.69 Å². The number of carbonyl (C=O) groups is 1. The molecule has 1 unspecified atom stereocenters. The number of hydrogen-bond donors (Lipinski definition) is 3. The normalized spacial score (nSPS) is 19.5. The van der Waals surface area contributed by atoms with Crippen LogP contribution in [0.3, 0.4) is 0 Å². The van der Waals surface area contributed by atoms with Crippen molar-refractivity contribution in [2.75, 3.05) is 0 Å². The first kappa shape index (κ1) is 11.6. The number of rotatable bonds is 1. The molecule has 1 aromatic heterocycles. The van der Waals surface area contributed by atoms with Crippen LogP contribution in [0.5, 0.6) is 5.75 Å². The second kappa shape index (κ2) is 4.17. The number of fused-ring (bicyclic) bond motifs is 1. The predicted molar refractivity (Wildman–Crippen MR) is 57.9 cm³/mol. The van der Waals surface area contributed by atoms with E-state index in [9.17, 15) is 14.7 Å². The number of aromatic hydroxyl groups is 1. The first-order valence-corrected chi connectivity index (χ1v) is 5.35. The van der Waals surface area contributed by atoms with Gasteiger partial charge in [-0.15, -0.1) is 0 Å². The number of hydrogen-bond acceptors (Lipinski definition) is 5. The van der Waals surface area contributed by atoms with Crippen LogP contribution in [0.2, 0.25) is 0 Å². The van der Waals surface area contributed by atoms with Crippen LogP contribution >= 0.6 is 0 Å². The first-order valence-electron chi connectivity index (χ1n) is 5.35. The third-order valence-corrected chi connectivity index (χ3v) is 2.86. The molecule has 0 saturated heterocycles. The molecule has 1 aromatic rings. The van der Waals surface area contributed by atoms with Gasteiger partial charge in [-0.1, -0.05) is 0 Å². The summed E-state index contributed by atoms with van der Waals surface area (Å²) in [5.41, 5.74) is 4.48. The van der Waals surface area contributed by atoms with Gasteiger partial charge in [-0.2, -0.15) is 0 Å². The van der Waals surface area contributed by atoms with Crippen molar-refractivity contribution in [3.05, 3.63) is 21.9 Å². The van der Waals surface area contributed by atoms with Gasteiger partial charge in [0.05, 0.1) is 6.04 Å². The molecule has 7 nitrogen and oxygen atoms in total. The van der Waals surface area contributed by atoms with Gasteiger partial charge >= 0.3 is 5.97 Å². The highest BCUT2D eigenvalue weighted by atomic mass is 16.4. The maximum Gasteiger partial charge on any atom is 0.358 e. The van der Waals surface area contributed by atoms with Crippen molar-refractivity contribution in [1.29, 1.82) is 0 Å². The maximum atomic E-state index is 11.8. The Balaban J connectivity index is 2.70. The molecule has 0 fully saturated rings.